The minimum absolute atomic E-state index is 0.452. The minimum atomic E-state index is -3.28. The van der Waals surface area contributed by atoms with Crippen molar-refractivity contribution in [3.63, 3.8) is 0 Å². The van der Waals surface area contributed by atoms with Crippen LogP contribution >= 0.6 is 11.3 Å². The third kappa shape index (κ3) is 3.47. The van der Waals surface area contributed by atoms with Crippen molar-refractivity contribution in [2.24, 2.45) is 5.92 Å². The second kappa shape index (κ2) is 6.68. The predicted octanol–water partition coefficient (Wildman–Crippen LogP) is 1.62. The lowest BCUT2D eigenvalue weighted by Gasteiger charge is -2.32. The zero-order valence-corrected chi connectivity index (χ0v) is 14.9. The molecule has 0 unspecified atom stereocenters. The van der Waals surface area contributed by atoms with E-state index >= 15 is 0 Å². The number of fused-ring (bicyclic) bond motifs is 1. The van der Waals surface area contributed by atoms with Gasteiger partial charge in [-0.15, -0.1) is 11.3 Å². The number of thiophene rings is 1. The molecular weight excluding hydrogens is 334 g/mol. The molecule has 2 aromatic heterocycles. The van der Waals surface area contributed by atoms with E-state index < -0.39 is 10.2 Å². The molecule has 23 heavy (non-hydrogen) atoms. The topological polar surface area (TPSA) is 78.4 Å². The van der Waals surface area contributed by atoms with E-state index in [2.05, 4.69) is 15.3 Å². The summed E-state index contributed by atoms with van der Waals surface area (Å²) >= 11 is 1.63. The molecule has 7 nitrogen and oxygen atoms in total. The Morgan fingerprint density at radius 1 is 1.35 bits per heavy atom. The van der Waals surface area contributed by atoms with Gasteiger partial charge in [0, 0.05) is 33.7 Å². The maximum absolute atomic E-state index is 12.1. The van der Waals surface area contributed by atoms with Crippen LogP contribution in [-0.2, 0) is 10.2 Å². The van der Waals surface area contributed by atoms with Gasteiger partial charge in [0.2, 0.25) is 0 Å². The van der Waals surface area contributed by atoms with Crippen LogP contribution in [0.15, 0.2) is 17.8 Å². The molecular formula is C14H21N5O2S2. The van der Waals surface area contributed by atoms with E-state index in [1.165, 1.54) is 4.31 Å². The molecule has 2 aromatic rings. The Morgan fingerprint density at radius 2 is 2.09 bits per heavy atom. The van der Waals surface area contributed by atoms with Crippen molar-refractivity contribution in [1.29, 1.82) is 0 Å². The lowest BCUT2D eigenvalue weighted by atomic mass is 9.98. The Bertz CT molecular complexity index is 766. The molecule has 0 radical (unpaired) electrons. The second-order valence-electron chi connectivity index (χ2n) is 5.87. The highest BCUT2D eigenvalue weighted by molar-refractivity contribution is 7.86. The molecule has 0 aliphatic carbocycles. The van der Waals surface area contributed by atoms with E-state index in [1.807, 2.05) is 11.4 Å². The molecule has 9 heteroatoms. The summed E-state index contributed by atoms with van der Waals surface area (Å²) in [4.78, 5) is 8.55. The van der Waals surface area contributed by atoms with Gasteiger partial charge in [0.05, 0.1) is 10.2 Å². The van der Waals surface area contributed by atoms with Gasteiger partial charge in [-0.05, 0) is 30.2 Å². The summed E-state index contributed by atoms with van der Waals surface area (Å²) in [6, 6.07) is 1.98. The van der Waals surface area contributed by atoms with Gasteiger partial charge in [-0.2, -0.15) is 17.0 Å². The average molecular weight is 355 g/mol. The van der Waals surface area contributed by atoms with E-state index in [0.717, 1.165) is 35.4 Å². The molecule has 0 atom stereocenters. The zero-order valence-electron chi connectivity index (χ0n) is 13.3. The Morgan fingerprint density at radius 3 is 2.78 bits per heavy atom. The van der Waals surface area contributed by atoms with Gasteiger partial charge in [-0.25, -0.2) is 9.97 Å². The smallest absolute Gasteiger partial charge is 0.281 e. The SMILES string of the molecule is CN(C)S(=O)(=O)N1CCC(CNc2ncnc3ccsc23)CC1. The normalized spacial score (nSPS) is 17.9. The third-order valence-electron chi connectivity index (χ3n) is 4.16. The molecule has 1 saturated heterocycles. The quantitative estimate of drug-likeness (QED) is 0.882. The van der Waals surface area contributed by atoms with E-state index in [1.54, 1.807) is 36.1 Å². The molecule has 0 bridgehead atoms. The van der Waals surface area contributed by atoms with Gasteiger partial charge in [0.15, 0.2) is 0 Å². The number of nitrogens with one attached hydrogen (secondary N) is 1. The number of rotatable bonds is 5. The van der Waals surface area contributed by atoms with Gasteiger partial charge < -0.3 is 5.32 Å². The van der Waals surface area contributed by atoms with Gasteiger partial charge in [-0.1, -0.05) is 0 Å². The highest BCUT2D eigenvalue weighted by atomic mass is 32.2. The molecule has 1 aliphatic heterocycles. The van der Waals surface area contributed by atoms with E-state index in [-0.39, 0.29) is 0 Å². The maximum Gasteiger partial charge on any atom is 0.281 e. The van der Waals surface area contributed by atoms with Crippen LogP contribution in [0.25, 0.3) is 10.2 Å². The fraction of sp³-hybridized carbons (Fsp3) is 0.571. The lowest BCUT2D eigenvalue weighted by Crippen LogP contribution is -2.45. The van der Waals surface area contributed by atoms with Gasteiger partial charge >= 0.3 is 0 Å². The van der Waals surface area contributed by atoms with Gasteiger partial charge in [-0.3, -0.25) is 0 Å². The average Bonchev–Trinajstić information content (AvgIpc) is 3.02. The number of piperidine rings is 1. The molecule has 0 saturated carbocycles. The number of hydrogen-bond acceptors (Lipinski definition) is 6. The molecule has 1 N–H and O–H groups in total. The Hall–Kier alpha value is -1.29. The summed E-state index contributed by atoms with van der Waals surface area (Å²) in [5.74, 6) is 1.32. The van der Waals surface area contributed by atoms with Crippen molar-refractivity contribution < 1.29 is 8.42 Å². The number of aromatic nitrogens is 2. The lowest BCUT2D eigenvalue weighted by molar-refractivity contribution is 0.270. The first-order valence-corrected chi connectivity index (χ1v) is 9.86. The molecule has 0 amide bonds. The molecule has 3 rings (SSSR count). The van der Waals surface area contributed by atoms with Crippen LogP contribution in [0, 0.1) is 5.92 Å². The molecule has 0 aromatic carbocycles. The van der Waals surface area contributed by atoms with Crippen molar-refractivity contribution in [3.05, 3.63) is 17.8 Å². The first kappa shape index (κ1) is 16.6. The first-order valence-electron chi connectivity index (χ1n) is 7.58. The van der Waals surface area contributed by atoms with Gasteiger partial charge in [0.1, 0.15) is 12.1 Å². The van der Waals surface area contributed by atoms with Crippen LogP contribution in [0.4, 0.5) is 5.82 Å². The summed E-state index contributed by atoms with van der Waals surface area (Å²) in [5.41, 5.74) is 0.958. The fourth-order valence-electron chi connectivity index (χ4n) is 2.73. The monoisotopic (exact) mass is 355 g/mol. The summed E-state index contributed by atoms with van der Waals surface area (Å²) < 4.78 is 28.1. The third-order valence-corrected chi connectivity index (χ3v) is 7.01. The van der Waals surface area contributed by atoms with E-state index in [4.69, 9.17) is 0 Å². The molecule has 1 aliphatic rings. The van der Waals surface area contributed by atoms with Crippen LogP contribution < -0.4 is 5.32 Å². The van der Waals surface area contributed by atoms with Crippen LogP contribution in [-0.4, -0.2) is 60.7 Å². The predicted molar refractivity (Wildman–Crippen MR) is 92.8 cm³/mol. The van der Waals surface area contributed by atoms with E-state index in [0.29, 0.717) is 19.0 Å². The van der Waals surface area contributed by atoms with Crippen LogP contribution in [0.3, 0.4) is 0 Å². The van der Waals surface area contributed by atoms with Crippen molar-refractivity contribution in [2.45, 2.75) is 12.8 Å². The van der Waals surface area contributed by atoms with Crippen LogP contribution in [0.5, 0.6) is 0 Å². The van der Waals surface area contributed by atoms with Crippen LogP contribution in [0.1, 0.15) is 12.8 Å². The second-order valence-corrected chi connectivity index (χ2v) is 8.93. The summed E-state index contributed by atoms with van der Waals surface area (Å²) in [5, 5.41) is 5.41. The summed E-state index contributed by atoms with van der Waals surface area (Å²) in [6.07, 6.45) is 3.29. The Labute approximate surface area is 140 Å². The van der Waals surface area contributed by atoms with Crippen LogP contribution in [0.2, 0.25) is 0 Å². The largest absolute Gasteiger partial charge is 0.369 e. The maximum atomic E-state index is 12.1. The first-order chi connectivity index (χ1) is 11.0. The van der Waals surface area contributed by atoms with Crippen molar-refractivity contribution in [2.75, 3.05) is 39.0 Å². The Kier molecular flexibility index (Phi) is 4.81. The molecule has 0 spiro atoms. The van der Waals surface area contributed by atoms with E-state index in [9.17, 15) is 8.42 Å². The van der Waals surface area contributed by atoms with Crippen molar-refractivity contribution >= 4 is 37.6 Å². The van der Waals surface area contributed by atoms with Gasteiger partial charge in [0.25, 0.3) is 10.2 Å². The van der Waals surface area contributed by atoms with Crippen molar-refractivity contribution in [1.82, 2.24) is 18.6 Å². The van der Waals surface area contributed by atoms with Crippen molar-refractivity contribution in [3.8, 4) is 0 Å². The molecule has 1 fully saturated rings. The fourth-order valence-corrected chi connectivity index (χ4v) is 4.68. The highest BCUT2D eigenvalue weighted by Crippen LogP contribution is 2.26. The summed E-state index contributed by atoms with van der Waals surface area (Å²) in [7, 11) is -0.137. The standard InChI is InChI=1S/C14H21N5O2S2/c1-18(2)23(20,21)19-6-3-11(4-7-19)9-15-14-13-12(5-8-22-13)16-10-17-14/h5,8,10-11H,3-4,6-7,9H2,1-2H3,(H,15,16,17). The minimum Gasteiger partial charge on any atom is -0.369 e. The zero-order chi connectivity index (χ0) is 16.4. The molecule has 126 valence electrons. The Balaban J connectivity index is 1.57. The summed E-state index contributed by atoms with van der Waals surface area (Å²) in [6.45, 7) is 1.95. The number of nitrogens with zero attached hydrogens (tertiary/aromatic N) is 4. The highest BCUT2D eigenvalue weighted by Gasteiger charge is 2.29. The number of anilines is 1. The number of hydrogen-bond donors (Lipinski definition) is 1. The molecule has 3 heterocycles.